The van der Waals surface area contributed by atoms with E-state index in [0.29, 0.717) is 16.7 Å². The molecule has 3 rings (SSSR count). The lowest BCUT2D eigenvalue weighted by atomic mass is 10.1. The Labute approximate surface area is 143 Å². The Morgan fingerprint density at radius 3 is 2.54 bits per heavy atom. The SMILES string of the molecule is Cc1ccccc1-c1nnc(SCc2ccc(C(=O)O)cc2)n1N. The van der Waals surface area contributed by atoms with Gasteiger partial charge in [0.15, 0.2) is 5.82 Å². The molecule has 24 heavy (non-hydrogen) atoms. The van der Waals surface area contributed by atoms with E-state index in [1.165, 1.54) is 16.4 Å². The van der Waals surface area contributed by atoms with E-state index in [2.05, 4.69) is 10.2 Å². The van der Waals surface area contributed by atoms with Crippen molar-refractivity contribution in [1.29, 1.82) is 0 Å². The van der Waals surface area contributed by atoms with Crippen molar-refractivity contribution >= 4 is 17.7 Å². The minimum absolute atomic E-state index is 0.271. The second kappa shape index (κ2) is 6.76. The second-order valence-corrected chi connectivity index (χ2v) is 6.22. The summed E-state index contributed by atoms with van der Waals surface area (Å²) in [5.74, 6) is 6.44. The number of aromatic carboxylic acids is 1. The summed E-state index contributed by atoms with van der Waals surface area (Å²) in [7, 11) is 0. The van der Waals surface area contributed by atoms with E-state index in [-0.39, 0.29) is 5.56 Å². The van der Waals surface area contributed by atoms with Gasteiger partial charge in [0, 0.05) is 11.3 Å². The third kappa shape index (κ3) is 3.26. The molecule has 0 radical (unpaired) electrons. The molecule has 1 aromatic heterocycles. The third-order valence-corrected chi connectivity index (χ3v) is 4.63. The maximum Gasteiger partial charge on any atom is 0.335 e. The number of nitrogens with zero attached hydrogens (tertiary/aromatic N) is 3. The lowest BCUT2D eigenvalue weighted by Crippen LogP contribution is -2.12. The van der Waals surface area contributed by atoms with Gasteiger partial charge >= 0.3 is 5.97 Å². The number of benzene rings is 2. The normalized spacial score (nSPS) is 10.7. The number of carbonyl (C=O) groups is 1. The molecule has 0 saturated heterocycles. The van der Waals surface area contributed by atoms with E-state index in [4.69, 9.17) is 10.9 Å². The van der Waals surface area contributed by atoms with Crippen LogP contribution in [0.4, 0.5) is 0 Å². The number of carboxylic acid groups (broad SMARTS) is 1. The molecule has 0 aliphatic heterocycles. The zero-order valence-corrected chi connectivity index (χ0v) is 13.8. The van der Waals surface area contributed by atoms with Crippen LogP contribution in [-0.4, -0.2) is 25.9 Å². The van der Waals surface area contributed by atoms with Crippen LogP contribution in [0.1, 0.15) is 21.5 Å². The maximum atomic E-state index is 10.9. The molecule has 2 aromatic carbocycles. The number of aromatic nitrogens is 3. The van der Waals surface area contributed by atoms with Crippen molar-refractivity contribution < 1.29 is 9.90 Å². The van der Waals surface area contributed by atoms with Crippen molar-refractivity contribution in [2.24, 2.45) is 0 Å². The number of aryl methyl sites for hydroxylation is 1. The average molecular weight is 340 g/mol. The predicted octanol–water partition coefficient (Wildman–Crippen LogP) is 2.96. The van der Waals surface area contributed by atoms with Crippen molar-refractivity contribution in [2.75, 3.05) is 5.84 Å². The predicted molar refractivity (Wildman–Crippen MR) is 93.3 cm³/mol. The van der Waals surface area contributed by atoms with Gasteiger partial charge in [-0.2, -0.15) is 0 Å². The molecule has 0 amide bonds. The zero-order chi connectivity index (χ0) is 17.1. The summed E-state index contributed by atoms with van der Waals surface area (Å²) in [4.78, 5) is 10.9. The molecule has 0 spiro atoms. The highest BCUT2D eigenvalue weighted by Crippen LogP contribution is 2.26. The summed E-state index contributed by atoms with van der Waals surface area (Å²) < 4.78 is 1.48. The Kier molecular flexibility index (Phi) is 4.52. The summed E-state index contributed by atoms with van der Waals surface area (Å²) >= 11 is 1.45. The highest BCUT2D eigenvalue weighted by molar-refractivity contribution is 7.98. The summed E-state index contributed by atoms with van der Waals surface area (Å²) in [5.41, 5.74) is 3.29. The fourth-order valence-corrected chi connectivity index (χ4v) is 3.09. The van der Waals surface area contributed by atoms with Crippen LogP contribution in [0, 0.1) is 6.92 Å². The van der Waals surface area contributed by atoms with Crippen molar-refractivity contribution in [3.8, 4) is 11.4 Å². The number of hydrogen-bond acceptors (Lipinski definition) is 5. The molecule has 0 aliphatic rings. The number of carboxylic acids is 1. The Morgan fingerprint density at radius 2 is 1.88 bits per heavy atom. The van der Waals surface area contributed by atoms with Crippen LogP contribution in [0.3, 0.4) is 0 Å². The molecule has 0 atom stereocenters. The highest BCUT2D eigenvalue weighted by Gasteiger charge is 2.13. The molecule has 3 N–H and O–H groups in total. The summed E-state index contributed by atoms with van der Waals surface area (Å²) in [6.07, 6.45) is 0. The number of nitrogens with two attached hydrogens (primary N) is 1. The molecule has 0 fully saturated rings. The zero-order valence-electron chi connectivity index (χ0n) is 13.0. The first-order valence-electron chi connectivity index (χ1n) is 7.28. The number of rotatable bonds is 5. The fraction of sp³-hybridized carbons (Fsp3) is 0.118. The standard InChI is InChI=1S/C17H16N4O2S/c1-11-4-2-3-5-14(11)15-19-20-17(21(15)18)24-10-12-6-8-13(9-7-12)16(22)23/h2-9H,10,18H2,1H3,(H,22,23). The first-order valence-corrected chi connectivity index (χ1v) is 8.26. The molecule has 122 valence electrons. The van der Waals surface area contributed by atoms with Crippen LogP contribution in [0.2, 0.25) is 0 Å². The molecular weight excluding hydrogens is 324 g/mol. The molecule has 0 saturated carbocycles. The monoisotopic (exact) mass is 340 g/mol. The van der Waals surface area contributed by atoms with Crippen molar-refractivity contribution in [2.45, 2.75) is 17.8 Å². The highest BCUT2D eigenvalue weighted by atomic mass is 32.2. The van der Waals surface area contributed by atoms with Gasteiger partial charge in [0.1, 0.15) is 0 Å². The van der Waals surface area contributed by atoms with Gasteiger partial charge in [-0.3, -0.25) is 0 Å². The minimum atomic E-state index is -0.932. The smallest absolute Gasteiger partial charge is 0.335 e. The van der Waals surface area contributed by atoms with Gasteiger partial charge in [-0.05, 0) is 30.2 Å². The van der Waals surface area contributed by atoms with Crippen LogP contribution < -0.4 is 5.84 Å². The van der Waals surface area contributed by atoms with Gasteiger partial charge in [-0.1, -0.05) is 48.2 Å². The average Bonchev–Trinajstić information content (AvgIpc) is 2.94. The Hall–Kier alpha value is -2.80. The van der Waals surface area contributed by atoms with E-state index in [1.807, 2.05) is 31.2 Å². The molecule has 6 nitrogen and oxygen atoms in total. The Bertz CT molecular complexity index is 875. The van der Waals surface area contributed by atoms with Crippen LogP contribution in [0.25, 0.3) is 11.4 Å². The summed E-state index contributed by atoms with van der Waals surface area (Å²) in [6, 6.07) is 14.6. The first kappa shape index (κ1) is 16.1. The largest absolute Gasteiger partial charge is 0.478 e. The Morgan fingerprint density at radius 1 is 1.17 bits per heavy atom. The number of hydrogen-bond donors (Lipinski definition) is 2. The molecule has 3 aromatic rings. The number of nitrogen functional groups attached to an aromatic ring is 1. The Balaban J connectivity index is 1.75. The van der Waals surface area contributed by atoms with E-state index >= 15 is 0 Å². The second-order valence-electron chi connectivity index (χ2n) is 5.28. The van der Waals surface area contributed by atoms with Crippen molar-refractivity contribution in [3.63, 3.8) is 0 Å². The molecule has 7 heteroatoms. The molecule has 0 unspecified atom stereocenters. The molecule has 0 bridgehead atoms. The quantitative estimate of drug-likeness (QED) is 0.548. The van der Waals surface area contributed by atoms with E-state index < -0.39 is 5.97 Å². The fourth-order valence-electron chi connectivity index (χ4n) is 2.27. The van der Waals surface area contributed by atoms with Crippen LogP contribution in [-0.2, 0) is 5.75 Å². The third-order valence-electron chi connectivity index (χ3n) is 3.62. The van der Waals surface area contributed by atoms with Crippen molar-refractivity contribution in [3.05, 3.63) is 65.2 Å². The lowest BCUT2D eigenvalue weighted by Gasteiger charge is -2.06. The van der Waals surface area contributed by atoms with Gasteiger partial charge < -0.3 is 10.9 Å². The molecule has 1 heterocycles. The van der Waals surface area contributed by atoms with E-state index in [1.54, 1.807) is 24.3 Å². The van der Waals surface area contributed by atoms with Gasteiger partial charge in [-0.15, -0.1) is 10.2 Å². The first-order chi connectivity index (χ1) is 11.6. The van der Waals surface area contributed by atoms with Crippen LogP contribution >= 0.6 is 11.8 Å². The van der Waals surface area contributed by atoms with Crippen molar-refractivity contribution in [1.82, 2.24) is 14.9 Å². The van der Waals surface area contributed by atoms with Crippen LogP contribution in [0.15, 0.2) is 53.7 Å². The van der Waals surface area contributed by atoms with Gasteiger partial charge in [0.25, 0.3) is 0 Å². The minimum Gasteiger partial charge on any atom is -0.478 e. The van der Waals surface area contributed by atoms with E-state index in [0.717, 1.165) is 16.7 Å². The van der Waals surface area contributed by atoms with E-state index in [9.17, 15) is 4.79 Å². The molecule has 0 aliphatic carbocycles. The molecular formula is C17H16N4O2S. The maximum absolute atomic E-state index is 10.9. The van der Waals surface area contributed by atoms with Gasteiger partial charge in [0.2, 0.25) is 5.16 Å². The summed E-state index contributed by atoms with van der Waals surface area (Å²) in [5, 5.41) is 17.9. The summed E-state index contributed by atoms with van der Waals surface area (Å²) in [6.45, 7) is 2.00. The number of thioether (sulfide) groups is 1. The van der Waals surface area contributed by atoms with Crippen LogP contribution in [0.5, 0.6) is 0 Å². The lowest BCUT2D eigenvalue weighted by molar-refractivity contribution is 0.0697. The topological polar surface area (TPSA) is 94.0 Å². The van der Waals surface area contributed by atoms with Gasteiger partial charge in [0.05, 0.1) is 5.56 Å². The van der Waals surface area contributed by atoms with Gasteiger partial charge in [-0.25, -0.2) is 9.47 Å².